The molecule has 1 heterocycles. The molecule has 3 aromatic rings. The van der Waals surface area contributed by atoms with Crippen LogP contribution in [0, 0.1) is 18.8 Å². The van der Waals surface area contributed by atoms with Gasteiger partial charge in [0.05, 0.1) is 11.8 Å². The third-order valence-corrected chi connectivity index (χ3v) is 7.52. The lowest BCUT2D eigenvalue weighted by Gasteiger charge is -2.45. The van der Waals surface area contributed by atoms with Gasteiger partial charge in [0.15, 0.2) is 0 Å². The van der Waals surface area contributed by atoms with Gasteiger partial charge in [-0.2, -0.15) is 0 Å². The van der Waals surface area contributed by atoms with Crippen molar-refractivity contribution < 1.29 is 14.4 Å². The first-order valence-corrected chi connectivity index (χ1v) is 11.3. The normalized spacial score (nSPS) is 24.4. The van der Waals surface area contributed by atoms with E-state index in [0.717, 1.165) is 27.8 Å². The lowest BCUT2D eigenvalue weighted by molar-refractivity contribution is -0.140. The van der Waals surface area contributed by atoms with Crippen molar-refractivity contribution in [3.8, 4) is 0 Å². The Morgan fingerprint density at radius 1 is 0.788 bits per heavy atom. The molecule has 0 unspecified atom stereocenters. The second kappa shape index (κ2) is 7.14. The maximum atomic E-state index is 13.8. The zero-order chi connectivity index (χ0) is 22.9. The Kier molecular flexibility index (Phi) is 4.31. The molecular formula is C28H24N2O3. The van der Waals surface area contributed by atoms with Gasteiger partial charge in [0.1, 0.15) is 6.67 Å². The molecular weight excluding hydrogens is 412 g/mol. The molecule has 164 valence electrons. The minimum Gasteiger partial charge on any atom is -0.294 e. The van der Waals surface area contributed by atoms with Crippen LogP contribution in [0.25, 0.3) is 0 Å². The van der Waals surface area contributed by atoms with Gasteiger partial charge in [-0.3, -0.25) is 24.2 Å². The SMILES string of the molecule is CC(=O)N(CN1C(=O)[C@H]2C3c4ccccc4C(c4ccccc43)[C@@H]2C1=O)c1cccc(C)c1. The van der Waals surface area contributed by atoms with Crippen molar-refractivity contribution in [3.63, 3.8) is 0 Å². The fourth-order valence-corrected chi connectivity index (χ4v) is 6.18. The van der Waals surface area contributed by atoms with Crippen LogP contribution in [-0.4, -0.2) is 29.3 Å². The number of carbonyl (C=O) groups is 3. The summed E-state index contributed by atoms with van der Waals surface area (Å²) in [5, 5.41) is 0. The molecule has 1 aliphatic heterocycles. The Bertz CT molecular complexity index is 1210. The fourth-order valence-electron chi connectivity index (χ4n) is 6.18. The van der Waals surface area contributed by atoms with E-state index >= 15 is 0 Å². The molecule has 0 N–H and O–H groups in total. The van der Waals surface area contributed by atoms with E-state index in [1.165, 1.54) is 16.7 Å². The van der Waals surface area contributed by atoms with E-state index in [1.54, 1.807) is 0 Å². The molecule has 0 spiro atoms. The van der Waals surface area contributed by atoms with Crippen molar-refractivity contribution in [1.29, 1.82) is 0 Å². The van der Waals surface area contributed by atoms with Gasteiger partial charge >= 0.3 is 0 Å². The Balaban J connectivity index is 1.43. The summed E-state index contributed by atoms with van der Waals surface area (Å²) in [7, 11) is 0. The second-order valence-corrected chi connectivity index (χ2v) is 9.30. The van der Waals surface area contributed by atoms with Gasteiger partial charge in [0, 0.05) is 24.4 Å². The summed E-state index contributed by atoms with van der Waals surface area (Å²) in [6.45, 7) is 3.36. The Hall–Kier alpha value is -3.73. The number of nitrogens with zero attached hydrogens (tertiary/aromatic N) is 2. The van der Waals surface area contributed by atoms with Gasteiger partial charge in [-0.25, -0.2) is 0 Å². The minimum atomic E-state index is -0.432. The zero-order valence-corrected chi connectivity index (χ0v) is 18.6. The molecule has 1 fully saturated rings. The van der Waals surface area contributed by atoms with Crippen molar-refractivity contribution in [2.75, 3.05) is 11.6 Å². The second-order valence-electron chi connectivity index (χ2n) is 9.30. The van der Waals surface area contributed by atoms with Crippen LogP contribution in [0.2, 0.25) is 0 Å². The number of anilines is 1. The summed E-state index contributed by atoms with van der Waals surface area (Å²) < 4.78 is 0. The van der Waals surface area contributed by atoms with Crippen molar-refractivity contribution >= 4 is 23.4 Å². The largest absolute Gasteiger partial charge is 0.294 e. The van der Waals surface area contributed by atoms with Gasteiger partial charge in [-0.1, -0.05) is 60.7 Å². The number of aryl methyl sites for hydroxylation is 1. The molecule has 2 atom stereocenters. The third-order valence-electron chi connectivity index (χ3n) is 7.52. The maximum Gasteiger partial charge on any atom is 0.235 e. The highest BCUT2D eigenvalue weighted by Gasteiger charge is 2.61. The van der Waals surface area contributed by atoms with Crippen LogP contribution >= 0.6 is 0 Å². The Labute approximate surface area is 192 Å². The number of rotatable bonds is 3. The van der Waals surface area contributed by atoms with Gasteiger partial charge in [0.2, 0.25) is 17.7 Å². The third kappa shape index (κ3) is 2.75. The number of imide groups is 1. The number of hydrogen-bond donors (Lipinski definition) is 0. The van der Waals surface area contributed by atoms with Crippen LogP contribution in [0.15, 0.2) is 72.8 Å². The average Bonchev–Trinajstić information content (AvgIpc) is 3.07. The van der Waals surface area contributed by atoms with Gasteiger partial charge in [-0.15, -0.1) is 0 Å². The molecule has 3 aromatic carbocycles. The van der Waals surface area contributed by atoms with Crippen molar-refractivity contribution in [1.82, 2.24) is 4.90 Å². The highest BCUT2D eigenvalue weighted by molar-refractivity contribution is 6.08. The van der Waals surface area contributed by atoms with E-state index in [9.17, 15) is 14.4 Å². The molecule has 1 saturated heterocycles. The summed E-state index contributed by atoms with van der Waals surface area (Å²) >= 11 is 0. The standard InChI is InChI=1S/C28H24N2O3/c1-16-8-7-9-18(14-16)29(17(2)31)15-30-27(32)25-23-19-10-3-4-11-20(19)24(26(25)28(30)33)22-13-6-5-12-21(22)23/h3-14,23-26H,15H2,1-2H3/t23?,24?,25-,26-/m0/s1. The molecule has 33 heavy (non-hydrogen) atoms. The van der Waals surface area contributed by atoms with Crippen molar-refractivity contribution in [3.05, 3.63) is 101 Å². The summed E-state index contributed by atoms with van der Waals surface area (Å²) in [5.41, 5.74) is 6.28. The monoisotopic (exact) mass is 436 g/mol. The average molecular weight is 437 g/mol. The predicted molar refractivity (Wildman–Crippen MR) is 125 cm³/mol. The van der Waals surface area contributed by atoms with Crippen molar-refractivity contribution in [2.24, 2.45) is 11.8 Å². The first-order valence-electron chi connectivity index (χ1n) is 11.3. The summed E-state index contributed by atoms with van der Waals surface area (Å²) in [5.74, 6) is -1.70. The summed E-state index contributed by atoms with van der Waals surface area (Å²) in [4.78, 5) is 42.9. The Morgan fingerprint density at radius 2 is 1.27 bits per heavy atom. The van der Waals surface area contributed by atoms with E-state index in [1.807, 2.05) is 55.5 Å². The molecule has 5 heteroatoms. The van der Waals surface area contributed by atoms with Crippen LogP contribution in [0.5, 0.6) is 0 Å². The first-order chi connectivity index (χ1) is 16.0. The first kappa shape index (κ1) is 19.9. The predicted octanol–water partition coefficient (Wildman–Crippen LogP) is 4.20. The molecule has 2 bridgehead atoms. The van der Waals surface area contributed by atoms with Gasteiger partial charge in [-0.05, 0) is 46.9 Å². The molecule has 5 nitrogen and oxygen atoms in total. The molecule has 0 radical (unpaired) electrons. The number of amides is 3. The van der Waals surface area contributed by atoms with Crippen LogP contribution in [-0.2, 0) is 14.4 Å². The number of carbonyl (C=O) groups excluding carboxylic acids is 3. The summed E-state index contributed by atoms with van der Waals surface area (Å²) in [6, 6.07) is 23.9. The van der Waals surface area contributed by atoms with Crippen LogP contribution in [0.3, 0.4) is 0 Å². The lowest BCUT2D eigenvalue weighted by Crippen LogP contribution is -2.44. The van der Waals surface area contributed by atoms with Gasteiger partial charge in [0.25, 0.3) is 0 Å². The van der Waals surface area contributed by atoms with E-state index < -0.39 is 11.8 Å². The summed E-state index contributed by atoms with van der Waals surface area (Å²) in [6.07, 6.45) is 0. The highest BCUT2D eigenvalue weighted by atomic mass is 16.2. The molecule has 0 aromatic heterocycles. The van der Waals surface area contributed by atoms with Crippen LogP contribution in [0.4, 0.5) is 5.69 Å². The number of hydrogen-bond acceptors (Lipinski definition) is 3. The number of likely N-dealkylation sites (tertiary alicyclic amines) is 1. The van der Waals surface area contributed by atoms with Gasteiger partial charge < -0.3 is 0 Å². The van der Waals surface area contributed by atoms with Crippen LogP contribution < -0.4 is 4.90 Å². The van der Waals surface area contributed by atoms with E-state index in [-0.39, 0.29) is 36.2 Å². The van der Waals surface area contributed by atoms with E-state index in [2.05, 4.69) is 24.3 Å². The van der Waals surface area contributed by atoms with E-state index in [4.69, 9.17) is 0 Å². The zero-order valence-electron chi connectivity index (χ0n) is 18.6. The smallest absolute Gasteiger partial charge is 0.235 e. The Morgan fingerprint density at radius 3 is 1.70 bits per heavy atom. The molecule has 3 aliphatic carbocycles. The molecule has 0 saturated carbocycles. The molecule has 7 rings (SSSR count). The van der Waals surface area contributed by atoms with Crippen LogP contribution in [0.1, 0.15) is 46.6 Å². The lowest BCUT2D eigenvalue weighted by atomic mass is 9.55. The maximum absolute atomic E-state index is 13.8. The van der Waals surface area contributed by atoms with Crippen molar-refractivity contribution in [2.45, 2.75) is 25.7 Å². The molecule has 4 aliphatic rings. The van der Waals surface area contributed by atoms with E-state index in [0.29, 0.717) is 5.69 Å². The highest BCUT2D eigenvalue weighted by Crippen LogP contribution is 2.60. The molecule has 3 amide bonds. The topological polar surface area (TPSA) is 57.7 Å². The number of benzene rings is 3. The fraction of sp³-hybridized carbons (Fsp3) is 0.250. The quantitative estimate of drug-likeness (QED) is 0.579. The minimum absolute atomic E-state index is 0.0599.